The Morgan fingerprint density at radius 2 is 1.80 bits per heavy atom. The van der Waals surface area contributed by atoms with Crippen LogP contribution < -0.4 is 0 Å². The summed E-state index contributed by atoms with van der Waals surface area (Å²) in [6.45, 7) is 1.58. The molecule has 5 heteroatoms. The third-order valence-corrected chi connectivity index (χ3v) is 4.29. The summed E-state index contributed by atoms with van der Waals surface area (Å²) in [4.78, 5) is 23.6. The molecule has 2 aliphatic rings. The highest BCUT2D eigenvalue weighted by Crippen LogP contribution is 2.40. The summed E-state index contributed by atoms with van der Waals surface area (Å²) in [5.41, 5.74) is 0. The highest BCUT2D eigenvalue weighted by molar-refractivity contribution is 8.14. The molecule has 2 unspecified atom stereocenters. The predicted molar refractivity (Wildman–Crippen MR) is 58.0 cm³/mol. The zero-order valence-corrected chi connectivity index (χ0v) is 9.50. The van der Waals surface area contributed by atoms with E-state index in [4.69, 9.17) is 5.11 Å². The van der Waals surface area contributed by atoms with Gasteiger partial charge in [0.2, 0.25) is 0 Å². The summed E-state index contributed by atoms with van der Waals surface area (Å²) in [6.07, 6.45) is 2.81. The molecule has 2 rings (SSSR count). The Kier molecular flexibility index (Phi) is 2.91. The zero-order valence-electron chi connectivity index (χ0n) is 8.68. The van der Waals surface area contributed by atoms with Gasteiger partial charge in [0.05, 0.1) is 0 Å². The van der Waals surface area contributed by atoms with Crippen LogP contribution >= 0.6 is 11.8 Å². The van der Waals surface area contributed by atoms with Gasteiger partial charge >= 0.3 is 6.09 Å². The molecule has 2 bridgehead atoms. The molecule has 0 radical (unpaired) electrons. The standard InChI is InChI=1S/C10H15NO3S/c1-6(12)15-9-4-7-2-3-8(5-9)11(7)10(13)14/h7-9H,2-5H2,1H3,(H,13,14). The molecule has 2 heterocycles. The van der Waals surface area contributed by atoms with Crippen molar-refractivity contribution >= 4 is 23.0 Å². The number of hydrogen-bond donors (Lipinski definition) is 1. The largest absolute Gasteiger partial charge is 0.465 e. The first-order valence-electron chi connectivity index (χ1n) is 5.26. The van der Waals surface area contributed by atoms with Crippen LogP contribution in [-0.2, 0) is 4.79 Å². The number of piperidine rings is 1. The summed E-state index contributed by atoms with van der Waals surface area (Å²) in [7, 11) is 0. The topological polar surface area (TPSA) is 57.6 Å². The molecule has 4 nitrogen and oxygen atoms in total. The monoisotopic (exact) mass is 229 g/mol. The number of amides is 1. The second kappa shape index (κ2) is 4.04. The van der Waals surface area contributed by atoms with Crippen molar-refractivity contribution in [3.63, 3.8) is 0 Å². The van der Waals surface area contributed by atoms with Gasteiger partial charge < -0.3 is 10.0 Å². The van der Waals surface area contributed by atoms with Crippen LogP contribution in [0.2, 0.25) is 0 Å². The first kappa shape index (κ1) is 10.8. The number of carboxylic acid groups (broad SMARTS) is 1. The van der Waals surface area contributed by atoms with E-state index in [0.29, 0.717) is 5.25 Å². The maximum atomic E-state index is 11.0. The number of carbonyl (C=O) groups is 2. The molecule has 2 fully saturated rings. The summed E-state index contributed by atoms with van der Waals surface area (Å²) in [5, 5.41) is 9.51. The molecule has 1 N–H and O–H groups in total. The van der Waals surface area contributed by atoms with E-state index in [1.165, 1.54) is 11.8 Å². The van der Waals surface area contributed by atoms with Crippen molar-refractivity contribution < 1.29 is 14.7 Å². The number of hydrogen-bond acceptors (Lipinski definition) is 3. The van der Waals surface area contributed by atoms with E-state index in [9.17, 15) is 9.59 Å². The summed E-state index contributed by atoms with van der Waals surface area (Å²) in [5.74, 6) is 0. The predicted octanol–water partition coefficient (Wildman–Crippen LogP) is 1.94. The Hall–Kier alpha value is -0.710. The van der Waals surface area contributed by atoms with Crippen molar-refractivity contribution in [2.75, 3.05) is 0 Å². The van der Waals surface area contributed by atoms with E-state index in [0.717, 1.165) is 25.7 Å². The van der Waals surface area contributed by atoms with Crippen molar-refractivity contribution in [3.8, 4) is 0 Å². The van der Waals surface area contributed by atoms with E-state index >= 15 is 0 Å². The molecule has 0 aromatic rings. The van der Waals surface area contributed by atoms with Crippen LogP contribution in [0.25, 0.3) is 0 Å². The number of fused-ring (bicyclic) bond motifs is 2. The molecule has 2 atom stereocenters. The Balaban J connectivity index is 2.01. The Labute approximate surface area is 93.0 Å². The SMILES string of the molecule is CC(=O)SC1CC2CCC(C1)N2C(=O)O. The smallest absolute Gasteiger partial charge is 0.407 e. The lowest BCUT2D eigenvalue weighted by atomic mass is 10.0. The maximum Gasteiger partial charge on any atom is 0.407 e. The number of nitrogens with zero attached hydrogens (tertiary/aromatic N) is 1. The van der Waals surface area contributed by atoms with Crippen molar-refractivity contribution in [2.24, 2.45) is 0 Å². The van der Waals surface area contributed by atoms with Gasteiger partial charge in [0.1, 0.15) is 0 Å². The van der Waals surface area contributed by atoms with Gasteiger partial charge in [-0.25, -0.2) is 4.79 Å². The van der Waals surface area contributed by atoms with Crippen LogP contribution in [0.3, 0.4) is 0 Å². The first-order valence-corrected chi connectivity index (χ1v) is 6.14. The second-order valence-corrected chi connectivity index (χ2v) is 5.75. The number of carbonyl (C=O) groups excluding carboxylic acids is 1. The lowest BCUT2D eigenvalue weighted by molar-refractivity contribution is -0.109. The molecule has 0 aromatic carbocycles. The molecule has 84 valence electrons. The van der Waals surface area contributed by atoms with Gasteiger partial charge in [0, 0.05) is 24.3 Å². The van der Waals surface area contributed by atoms with Gasteiger partial charge in [0.25, 0.3) is 0 Å². The highest BCUT2D eigenvalue weighted by Gasteiger charge is 2.43. The lowest BCUT2D eigenvalue weighted by Gasteiger charge is -2.36. The van der Waals surface area contributed by atoms with Crippen LogP contribution in [0.4, 0.5) is 4.79 Å². The highest BCUT2D eigenvalue weighted by atomic mass is 32.2. The fourth-order valence-corrected chi connectivity index (χ4v) is 3.88. The first-order chi connectivity index (χ1) is 7.08. The lowest BCUT2D eigenvalue weighted by Crippen LogP contribution is -2.46. The van der Waals surface area contributed by atoms with E-state index in [2.05, 4.69) is 0 Å². The van der Waals surface area contributed by atoms with E-state index in [1.54, 1.807) is 11.8 Å². The Morgan fingerprint density at radius 1 is 1.27 bits per heavy atom. The Morgan fingerprint density at radius 3 is 2.20 bits per heavy atom. The molecule has 0 spiro atoms. The number of rotatable bonds is 1. The molecule has 0 aromatic heterocycles. The molecule has 0 saturated carbocycles. The Bertz CT molecular complexity index is 280. The van der Waals surface area contributed by atoms with Crippen molar-refractivity contribution in [2.45, 2.75) is 49.9 Å². The average molecular weight is 229 g/mol. The second-order valence-electron chi connectivity index (χ2n) is 4.28. The summed E-state index contributed by atoms with van der Waals surface area (Å²) >= 11 is 1.38. The molecule has 1 amide bonds. The van der Waals surface area contributed by atoms with Gasteiger partial charge in [-0.15, -0.1) is 0 Å². The molecular formula is C10H15NO3S. The zero-order chi connectivity index (χ0) is 11.0. The van der Waals surface area contributed by atoms with Crippen molar-refractivity contribution in [1.29, 1.82) is 0 Å². The minimum absolute atomic E-state index is 0.142. The van der Waals surface area contributed by atoms with Gasteiger partial charge in [0.15, 0.2) is 5.12 Å². The van der Waals surface area contributed by atoms with E-state index in [-0.39, 0.29) is 17.2 Å². The molecule has 15 heavy (non-hydrogen) atoms. The third-order valence-electron chi connectivity index (χ3n) is 3.24. The normalized spacial score (nSPS) is 34.2. The van der Waals surface area contributed by atoms with Gasteiger partial charge in [-0.05, 0) is 25.7 Å². The maximum absolute atomic E-state index is 11.0. The van der Waals surface area contributed by atoms with Gasteiger partial charge in [-0.1, -0.05) is 11.8 Å². The molecule has 2 saturated heterocycles. The fourth-order valence-electron chi connectivity index (χ4n) is 2.77. The summed E-state index contributed by atoms with van der Waals surface area (Å²) < 4.78 is 0. The van der Waals surface area contributed by atoms with Gasteiger partial charge in [-0.2, -0.15) is 0 Å². The molecule has 2 aliphatic heterocycles. The van der Waals surface area contributed by atoms with Crippen molar-refractivity contribution in [1.82, 2.24) is 4.90 Å². The van der Waals surface area contributed by atoms with Crippen molar-refractivity contribution in [3.05, 3.63) is 0 Å². The minimum atomic E-state index is -0.797. The fraction of sp³-hybridized carbons (Fsp3) is 0.800. The third kappa shape index (κ3) is 2.12. The van der Waals surface area contributed by atoms with E-state index < -0.39 is 6.09 Å². The summed E-state index contributed by atoms with van der Waals surface area (Å²) in [6, 6.07) is 0.302. The van der Waals surface area contributed by atoms with Crippen LogP contribution in [0.5, 0.6) is 0 Å². The van der Waals surface area contributed by atoms with Gasteiger partial charge in [-0.3, -0.25) is 4.79 Å². The minimum Gasteiger partial charge on any atom is -0.465 e. The van der Waals surface area contributed by atoms with E-state index in [1.807, 2.05) is 0 Å². The number of thioether (sulfide) groups is 1. The van der Waals surface area contributed by atoms with Crippen LogP contribution in [0.15, 0.2) is 0 Å². The quantitative estimate of drug-likeness (QED) is 0.746. The molecular weight excluding hydrogens is 214 g/mol. The average Bonchev–Trinajstić information content (AvgIpc) is 2.38. The van der Waals surface area contributed by atoms with Crippen LogP contribution in [-0.4, -0.2) is 38.5 Å². The van der Waals surface area contributed by atoms with Crippen LogP contribution in [0.1, 0.15) is 32.6 Å². The van der Waals surface area contributed by atoms with Crippen LogP contribution in [0, 0.1) is 0 Å². The molecule has 0 aliphatic carbocycles.